The highest BCUT2D eigenvalue weighted by atomic mass is 32.1. The van der Waals surface area contributed by atoms with Crippen molar-refractivity contribution in [3.63, 3.8) is 0 Å². The molecule has 7 nitrogen and oxygen atoms in total. The summed E-state index contributed by atoms with van der Waals surface area (Å²) in [6.45, 7) is 4.42. The number of anilines is 1. The van der Waals surface area contributed by atoms with Crippen molar-refractivity contribution in [2.75, 3.05) is 51.7 Å². The van der Waals surface area contributed by atoms with Gasteiger partial charge in [-0.25, -0.2) is 0 Å². The SMILES string of the molecule is CN(C=O)CCN(C)c1ccc2c(C(=O)N3CCN4CCC45CCC35)nsc2c1. The Morgan fingerprint density at radius 2 is 2.14 bits per heavy atom. The molecule has 3 fully saturated rings. The predicted octanol–water partition coefficient (Wildman–Crippen LogP) is 1.88. The molecule has 3 heterocycles. The second kappa shape index (κ2) is 6.95. The lowest BCUT2D eigenvalue weighted by atomic mass is 9.61. The first-order chi connectivity index (χ1) is 14.0. The number of aromatic nitrogens is 1. The van der Waals surface area contributed by atoms with Crippen molar-refractivity contribution in [3.05, 3.63) is 23.9 Å². The third-order valence-electron chi connectivity index (χ3n) is 7.23. The molecular weight excluding hydrogens is 386 g/mol. The van der Waals surface area contributed by atoms with Gasteiger partial charge in [0.25, 0.3) is 5.91 Å². The normalized spacial score (nSPS) is 25.6. The molecule has 2 aromatic rings. The first-order valence-electron chi connectivity index (χ1n) is 10.4. The number of hydrogen-bond donors (Lipinski definition) is 0. The molecule has 0 radical (unpaired) electrons. The summed E-state index contributed by atoms with van der Waals surface area (Å²) in [6, 6.07) is 6.54. The molecule has 154 valence electrons. The summed E-state index contributed by atoms with van der Waals surface area (Å²) >= 11 is 1.40. The van der Waals surface area contributed by atoms with E-state index >= 15 is 0 Å². The van der Waals surface area contributed by atoms with E-state index in [2.05, 4.69) is 25.1 Å². The molecule has 1 spiro atoms. The fourth-order valence-electron chi connectivity index (χ4n) is 5.18. The van der Waals surface area contributed by atoms with Gasteiger partial charge in [-0.05, 0) is 49.0 Å². The Hall–Kier alpha value is -2.19. The lowest BCUT2D eigenvalue weighted by Gasteiger charge is -2.68. The van der Waals surface area contributed by atoms with Crippen LogP contribution in [-0.2, 0) is 4.79 Å². The van der Waals surface area contributed by atoms with E-state index in [9.17, 15) is 9.59 Å². The minimum absolute atomic E-state index is 0.0978. The van der Waals surface area contributed by atoms with Gasteiger partial charge in [-0.3, -0.25) is 14.5 Å². The molecule has 3 aliphatic rings. The second-order valence-corrected chi connectivity index (χ2v) is 9.42. The molecule has 1 aromatic heterocycles. The number of piperazine rings is 1. The maximum atomic E-state index is 13.4. The fourth-order valence-corrected chi connectivity index (χ4v) is 5.98. The minimum Gasteiger partial charge on any atom is -0.373 e. The Labute approximate surface area is 175 Å². The first kappa shape index (κ1) is 18.8. The number of benzene rings is 1. The van der Waals surface area contributed by atoms with Gasteiger partial charge in [0.15, 0.2) is 0 Å². The molecule has 29 heavy (non-hydrogen) atoms. The average molecular weight is 414 g/mol. The van der Waals surface area contributed by atoms with Crippen LogP contribution in [0.1, 0.15) is 29.8 Å². The van der Waals surface area contributed by atoms with Crippen LogP contribution >= 0.6 is 11.5 Å². The summed E-state index contributed by atoms with van der Waals surface area (Å²) < 4.78 is 5.60. The number of carbonyl (C=O) groups excluding carboxylic acids is 2. The molecular formula is C21H27N5O2S. The van der Waals surface area contributed by atoms with Crippen molar-refractivity contribution in [1.82, 2.24) is 19.1 Å². The quantitative estimate of drug-likeness (QED) is 0.677. The Bertz CT molecular complexity index is 958. The van der Waals surface area contributed by atoms with Gasteiger partial charge < -0.3 is 14.7 Å². The smallest absolute Gasteiger partial charge is 0.274 e. The number of hydrogen-bond acceptors (Lipinski definition) is 6. The number of likely N-dealkylation sites (N-methyl/N-ethyl adjacent to an activating group) is 2. The molecule has 2 atom stereocenters. The van der Waals surface area contributed by atoms with Crippen LogP contribution in [0, 0.1) is 0 Å². The molecule has 1 aliphatic carbocycles. The zero-order chi connectivity index (χ0) is 20.2. The van der Waals surface area contributed by atoms with Crippen LogP contribution < -0.4 is 4.90 Å². The Morgan fingerprint density at radius 3 is 2.83 bits per heavy atom. The average Bonchev–Trinajstić information content (AvgIpc) is 3.11. The first-order valence-corrected chi connectivity index (χ1v) is 11.1. The number of fused-ring (bicyclic) bond motifs is 1. The van der Waals surface area contributed by atoms with Crippen molar-refractivity contribution in [2.45, 2.75) is 30.8 Å². The predicted molar refractivity (Wildman–Crippen MR) is 115 cm³/mol. The molecule has 2 amide bonds. The van der Waals surface area contributed by atoms with E-state index < -0.39 is 0 Å². The number of carbonyl (C=O) groups is 2. The van der Waals surface area contributed by atoms with Crippen molar-refractivity contribution >= 4 is 39.6 Å². The van der Waals surface area contributed by atoms with Gasteiger partial charge in [-0.1, -0.05) is 0 Å². The van der Waals surface area contributed by atoms with Gasteiger partial charge in [-0.15, -0.1) is 0 Å². The zero-order valence-corrected chi connectivity index (χ0v) is 17.8. The van der Waals surface area contributed by atoms with Crippen LogP contribution in [0.2, 0.25) is 0 Å². The molecule has 1 saturated carbocycles. The van der Waals surface area contributed by atoms with Gasteiger partial charge in [0.1, 0.15) is 5.69 Å². The number of nitrogens with zero attached hydrogens (tertiary/aromatic N) is 5. The van der Waals surface area contributed by atoms with Crippen LogP contribution in [-0.4, -0.2) is 89.8 Å². The standard InChI is InChI=1S/C21H27N5O2S/c1-23(14-27)9-10-24(2)15-3-4-16-17(13-15)29-22-19(16)20(28)26-12-11-25-8-7-21(25)6-5-18(21)26/h3-4,13-14,18H,5-12H2,1-2H3. The molecule has 5 rings (SSSR count). The molecule has 0 bridgehead atoms. The van der Waals surface area contributed by atoms with E-state index in [1.54, 1.807) is 11.9 Å². The molecule has 0 N–H and O–H groups in total. The third kappa shape index (κ3) is 2.84. The topological polar surface area (TPSA) is 60.0 Å². The highest BCUT2D eigenvalue weighted by Crippen LogP contribution is 2.51. The monoisotopic (exact) mass is 413 g/mol. The highest BCUT2D eigenvalue weighted by Gasteiger charge is 2.61. The Morgan fingerprint density at radius 1 is 1.28 bits per heavy atom. The summed E-state index contributed by atoms with van der Waals surface area (Å²) in [6.07, 6.45) is 4.42. The van der Waals surface area contributed by atoms with Crippen molar-refractivity contribution in [3.8, 4) is 0 Å². The molecule has 8 heteroatoms. The third-order valence-corrected chi connectivity index (χ3v) is 8.04. The maximum Gasteiger partial charge on any atom is 0.274 e. The summed E-state index contributed by atoms with van der Waals surface area (Å²) in [5, 5.41) is 0.951. The van der Waals surface area contributed by atoms with E-state index in [1.807, 2.05) is 19.2 Å². The van der Waals surface area contributed by atoms with Crippen molar-refractivity contribution < 1.29 is 9.59 Å². The lowest BCUT2D eigenvalue weighted by molar-refractivity contribution is -0.161. The summed E-state index contributed by atoms with van der Waals surface area (Å²) in [5.74, 6) is 0.0978. The summed E-state index contributed by atoms with van der Waals surface area (Å²) in [5.41, 5.74) is 1.96. The van der Waals surface area contributed by atoms with Crippen molar-refractivity contribution in [2.24, 2.45) is 0 Å². The van der Waals surface area contributed by atoms with Gasteiger partial charge in [0.2, 0.25) is 6.41 Å². The molecule has 1 aromatic carbocycles. The zero-order valence-electron chi connectivity index (χ0n) is 17.0. The van der Waals surface area contributed by atoms with Gasteiger partial charge in [-0.2, -0.15) is 4.37 Å². The number of amides is 2. The van der Waals surface area contributed by atoms with E-state index in [0.717, 1.165) is 48.2 Å². The Balaban J connectivity index is 1.35. The van der Waals surface area contributed by atoms with Crippen LogP contribution in [0.15, 0.2) is 18.2 Å². The lowest BCUT2D eigenvalue weighted by Crippen LogP contribution is -2.79. The van der Waals surface area contributed by atoms with Crippen LogP contribution in [0.25, 0.3) is 10.1 Å². The minimum atomic E-state index is 0.0978. The van der Waals surface area contributed by atoms with Gasteiger partial charge >= 0.3 is 0 Å². The Kier molecular flexibility index (Phi) is 4.51. The molecule has 2 unspecified atom stereocenters. The molecule has 2 aliphatic heterocycles. The largest absolute Gasteiger partial charge is 0.373 e. The second-order valence-electron chi connectivity index (χ2n) is 8.61. The van der Waals surface area contributed by atoms with Crippen LogP contribution in [0.5, 0.6) is 0 Å². The highest BCUT2D eigenvalue weighted by molar-refractivity contribution is 7.13. The van der Waals surface area contributed by atoms with E-state index in [4.69, 9.17) is 0 Å². The van der Waals surface area contributed by atoms with E-state index in [0.29, 0.717) is 18.3 Å². The number of rotatable bonds is 6. The fraction of sp³-hybridized carbons (Fsp3) is 0.571. The van der Waals surface area contributed by atoms with Gasteiger partial charge in [0, 0.05) is 63.4 Å². The summed E-state index contributed by atoms with van der Waals surface area (Å²) in [4.78, 5) is 32.6. The van der Waals surface area contributed by atoms with E-state index in [1.165, 1.54) is 30.9 Å². The van der Waals surface area contributed by atoms with Crippen molar-refractivity contribution in [1.29, 1.82) is 0 Å². The maximum absolute atomic E-state index is 13.4. The molecule has 2 saturated heterocycles. The van der Waals surface area contributed by atoms with E-state index in [-0.39, 0.29) is 11.4 Å². The van der Waals surface area contributed by atoms with Gasteiger partial charge in [0.05, 0.1) is 10.7 Å². The summed E-state index contributed by atoms with van der Waals surface area (Å²) in [7, 11) is 3.79. The van der Waals surface area contributed by atoms with Crippen LogP contribution in [0.4, 0.5) is 5.69 Å². The van der Waals surface area contributed by atoms with Crippen LogP contribution in [0.3, 0.4) is 0 Å².